The summed E-state index contributed by atoms with van der Waals surface area (Å²) < 4.78 is 6.92. The number of carbonyl (C=O) groups excluding carboxylic acids is 2. The fraction of sp³-hybridized carbons (Fsp3) is 0.429. The van der Waals surface area contributed by atoms with Gasteiger partial charge in [0.1, 0.15) is 6.04 Å². The van der Waals surface area contributed by atoms with Crippen molar-refractivity contribution in [2.45, 2.75) is 13.0 Å². The number of halogens is 2. The molecule has 0 bridgehead atoms. The summed E-state index contributed by atoms with van der Waals surface area (Å²) in [6.07, 6.45) is 0. The first-order valence-corrected chi connectivity index (χ1v) is 8.24. The van der Waals surface area contributed by atoms with Crippen LogP contribution in [0.5, 0.6) is 0 Å². The third-order valence-electron chi connectivity index (χ3n) is 3.20. The van der Waals surface area contributed by atoms with Crippen LogP contribution in [0.25, 0.3) is 0 Å². The number of hydrogen-bond acceptors (Lipinski definition) is 3. The van der Waals surface area contributed by atoms with Crippen molar-refractivity contribution in [1.29, 1.82) is 0 Å². The van der Waals surface area contributed by atoms with Crippen molar-refractivity contribution >= 4 is 43.7 Å². The van der Waals surface area contributed by atoms with Crippen molar-refractivity contribution in [3.63, 3.8) is 0 Å². The van der Waals surface area contributed by atoms with Crippen LogP contribution < -0.4 is 5.32 Å². The second-order valence-corrected chi connectivity index (χ2v) is 6.38. The molecule has 2 rings (SSSR count). The van der Waals surface area contributed by atoms with E-state index in [2.05, 4.69) is 37.2 Å². The van der Waals surface area contributed by atoms with Gasteiger partial charge in [-0.2, -0.15) is 0 Å². The SMILES string of the molecule is CCNC(=O)C1COCCN1C(=O)c1ccc(Br)cc1Br. The normalized spacial score (nSPS) is 18.4. The van der Waals surface area contributed by atoms with Gasteiger partial charge >= 0.3 is 0 Å². The third kappa shape index (κ3) is 3.84. The lowest BCUT2D eigenvalue weighted by atomic mass is 10.1. The minimum atomic E-state index is -0.582. The van der Waals surface area contributed by atoms with Gasteiger partial charge < -0.3 is 15.0 Å². The minimum absolute atomic E-state index is 0.172. The monoisotopic (exact) mass is 418 g/mol. The molecule has 5 nitrogen and oxygen atoms in total. The van der Waals surface area contributed by atoms with Crippen molar-refractivity contribution in [2.24, 2.45) is 0 Å². The number of rotatable bonds is 3. The Kier molecular flexibility index (Phi) is 5.78. The molecule has 1 saturated heterocycles. The molecule has 1 heterocycles. The first-order chi connectivity index (χ1) is 10.0. The van der Waals surface area contributed by atoms with Gasteiger partial charge in [-0.15, -0.1) is 0 Å². The second kappa shape index (κ2) is 7.38. The Morgan fingerprint density at radius 3 is 2.86 bits per heavy atom. The largest absolute Gasteiger partial charge is 0.377 e. The van der Waals surface area contributed by atoms with E-state index >= 15 is 0 Å². The summed E-state index contributed by atoms with van der Waals surface area (Å²) in [6, 6.07) is 4.77. The molecule has 21 heavy (non-hydrogen) atoms. The molecule has 1 aliphatic rings. The number of morpholine rings is 1. The molecular weight excluding hydrogens is 404 g/mol. The Morgan fingerprint density at radius 1 is 1.43 bits per heavy atom. The van der Waals surface area contributed by atoms with Crippen LogP contribution in [0.2, 0.25) is 0 Å². The summed E-state index contributed by atoms with van der Waals surface area (Å²) >= 11 is 6.75. The van der Waals surface area contributed by atoms with Gasteiger partial charge in [-0.1, -0.05) is 15.9 Å². The van der Waals surface area contributed by atoms with Crippen LogP contribution in [0.3, 0.4) is 0 Å². The van der Waals surface area contributed by atoms with Gasteiger partial charge in [0.15, 0.2) is 0 Å². The van der Waals surface area contributed by atoms with Crippen LogP contribution in [-0.2, 0) is 9.53 Å². The fourth-order valence-corrected chi connectivity index (χ4v) is 3.39. The number of benzene rings is 1. The molecule has 1 N–H and O–H groups in total. The third-order valence-corrected chi connectivity index (χ3v) is 4.35. The smallest absolute Gasteiger partial charge is 0.255 e. The predicted octanol–water partition coefficient (Wildman–Crippen LogP) is 2.19. The lowest BCUT2D eigenvalue weighted by Crippen LogP contribution is -2.55. The van der Waals surface area contributed by atoms with E-state index in [0.29, 0.717) is 29.7 Å². The van der Waals surface area contributed by atoms with E-state index in [0.717, 1.165) is 4.47 Å². The van der Waals surface area contributed by atoms with E-state index in [9.17, 15) is 9.59 Å². The molecule has 1 unspecified atom stereocenters. The van der Waals surface area contributed by atoms with Gasteiger partial charge in [-0.05, 0) is 41.1 Å². The van der Waals surface area contributed by atoms with Crippen molar-refractivity contribution in [3.8, 4) is 0 Å². The zero-order valence-corrected chi connectivity index (χ0v) is 14.7. The highest BCUT2D eigenvalue weighted by atomic mass is 79.9. The number of nitrogens with zero attached hydrogens (tertiary/aromatic N) is 1. The van der Waals surface area contributed by atoms with E-state index in [4.69, 9.17) is 4.74 Å². The first kappa shape index (κ1) is 16.5. The maximum Gasteiger partial charge on any atom is 0.255 e. The Labute approximate surface area is 140 Å². The topological polar surface area (TPSA) is 58.6 Å². The molecular formula is C14H16Br2N2O3. The van der Waals surface area contributed by atoms with Gasteiger partial charge in [-0.3, -0.25) is 9.59 Å². The van der Waals surface area contributed by atoms with Crippen LogP contribution in [0.4, 0.5) is 0 Å². The molecule has 0 aliphatic carbocycles. The number of hydrogen-bond donors (Lipinski definition) is 1. The predicted molar refractivity (Wildman–Crippen MR) is 86.2 cm³/mol. The van der Waals surface area contributed by atoms with Gasteiger partial charge in [0, 0.05) is 22.0 Å². The van der Waals surface area contributed by atoms with Crippen LogP contribution in [-0.4, -0.2) is 49.1 Å². The summed E-state index contributed by atoms with van der Waals surface area (Å²) in [6.45, 7) is 3.45. The summed E-state index contributed by atoms with van der Waals surface area (Å²) in [5.74, 6) is -0.354. The molecule has 1 fully saturated rings. The maximum absolute atomic E-state index is 12.7. The first-order valence-electron chi connectivity index (χ1n) is 6.66. The Hall–Kier alpha value is -0.920. The van der Waals surface area contributed by atoms with Crippen LogP contribution in [0, 0.1) is 0 Å². The Balaban J connectivity index is 2.24. The molecule has 2 amide bonds. The van der Waals surface area contributed by atoms with Gasteiger partial charge in [0.25, 0.3) is 5.91 Å². The lowest BCUT2D eigenvalue weighted by molar-refractivity contribution is -0.130. The van der Waals surface area contributed by atoms with Crippen LogP contribution in [0.15, 0.2) is 27.1 Å². The van der Waals surface area contributed by atoms with Crippen molar-refractivity contribution in [1.82, 2.24) is 10.2 Å². The summed E-state index contributed by atoms with van der Waals surface area (Å²) in [4.78, 5) is 26.3. The van der Waals surface area contributed by atoms with E-state index < -0.39 is 6.04 Å². The van der Waals surface area contributed by atoms with Crippen molar-refractivity contribution < 1.29 is 14.3 Å². The van der Waals surface area contributed by atoms with E-state index in [1.165, 1.54) is 0 Å². The zero-order chi connectivity index (χ0) is 15.4. The average molecular weight is 420 g/mol. The lowest BCUT2D eigenvalue weighted by Gasteiger charge is -2.34. The van der Waals surface area contributed by atoms with Crippen LogP contribution >= 0.6 is 31.9 Å². The quantitative estimate of drug-likeness (QED) is 0.816. The molecule has 0 radical (unpaired) electrons. The summed E-state index contributed by atoms with van der Waals surface area (Å²) in [7, 11) is 0. The number of likely N-dealkylation sites (N-methyl/N-ethyl adjacent to an activating group) is 1. The Bertz CT molecular complexity index is 551. The molecule has 0 spiro atoms. The molecule has 1 aromatic rings. The highest BCUT2D eigenvalue weighted by Crippen LogP contribution is 2.24. The van der Waals surface area contributed by atoms with Crippen molar-refractivity contribution in [3.05, 3.63) is 32.7 Å². The summed E-state index contributed by atoms with van der Waals surface area (Å²) in [5.41, 5.74) is 0.536. The highest BCUT2D eigenvalue weighted by Gasteiger charge is 2.33. The molecule has 1 aliphatic heterocycles. The minimum Gasteiger partial charge on any atom is -0.377 e. The number of carbonyl (C=O) groups is 2. The molecule has 1 atom stereocenters. The number of ether oxygens (including phenoxy) is 1. The van der Waals surface area contributed by atoms with E-state index in [1.807, 2.05) is 13.0 Å². The number of amides is 2. The molecule has 114 valence electrons. The summed E-state index contributed by atoms with van der Waals surface area (Å²) in [5, 5.41) is 2.74. The van der Waals surface area contributed by atoms with Gasteiger partial charge in [-0.25, -0.2) is 0 Å². The molecule has 0 aromatic heterocycles. The van der Waals surface area contributed by atoms with Crippen molar-refractivity contribution in [2.75, 3.05) is 26.3 Å². The number of nitrogens with one attached hydrogen (secondary N) is 1. The average Bonchev–Trinajstić information content (AvgIpc) is 2.47. The van der Waals surface area contributed by atoms with E-state index in [-0.39, 0.29) is 18.4 Å². The zero-order valence-electron chi connectivity index (χ0n) is 11.6. The maximum atomic E-state index is 12.7. The standard InChI is InChI=1S/C14H16Br2N2O3/c1-2-17-13(19)12-8-21-6-5-18(12)14(20)10-4-3-9(15)7-11(10)16/h3-4,7,12H,2,5-6,8H2,1H3,(H,17,19). The fourth-order valence-electron chi connectivity index (χ4n) is 2.17. The Morgan fingerprint density at radius 2 is 2.19 bits per heavy atom. The van der Waals surface area contributed by atoms with Crippen LogP contribution in [0.1, 0.15) is 17.3 Å². The van der Waals surface area contributed by atoms with E-state index in [1.54, 1.807) is 17.0 Å². The van der Waals surface area contributed by atoms with Gasteiger partial charge in [0.05, 0.1) is 18.8 Å². The molecule has 7 heteroatoms. The molecule has 0 saturated carbocycles. The highest BCUT2D eigenvalue weighted by molar-refractivity contribution is 9.11. The second-order valence-electron chi connectivity index (χ2n) is 4.61. The molecule has 1 aromatic carbocycles. The van der Waals surface area contributed by atoms with Gasteiger partial charge in [0.2, 0.25) is 5.91 Å².